The number of nitrogens with one attached hydrogen (secondary N) is 1. The second-order valence-corrected chi connectivity index (χ2v) is 4.74. The van der Waals surface area contributed by atoms with Gasteiger partial charge in [-0.3, -0.25) is 4.79 Å². The van der Waals surface area contributed by atoms with E-state index in [0.29, 0.717) is 5.82 Å². The molecule has 1 aromatic heterocycles. The van der Waals surface area contributed by atoms with Gasteiger partial charge in [0, 0.05) is 15.7 Å². The van der Waals surface area contributed by atoms with Gasteiger partial charge in [0.15, 0.2) is 0 Å². The second kappa shape index (κ2) is 4.74. The molecule has 0 aliphatic heterocycles. The number of aromatic nitrogens is 1. The number of hydrogen-bond donors (Lipinski definition) is 1. The maximum absolute atomic E-state index is 11.7. The average molecular weight is 314 g/mol. The van der Waals surface area contributed by atoms with Crippen molar-refractivity contribution in [3.8, 4) is 0 Å². The van der Waals surface area contributed by atoms with Gasteiger partial charge in [-0.25, -0.2) is 4.98 Å². The van der Waals surface area contributed by atoms with Gasteiger partial charge in [-0.05, 0) is 47.6 Å². The minimum atomic E-state index is 0.0636. The third kappa shape index (κ3) is 2.77. The molecule has 0 unspecified atom stereocenters. The molecule has 0 spiro atoms. The minimum Gasteiger partial charge on any atom is -0.310 e. The van der Waals surface area contributed by atoms with Gasteiger partial charge in [0.2, 0.25) is 5.91 Å². The van der Waals surface area contributed by atoms with Gasteiger partial charge in [-0.15, -0.1) is 0 Å². The van der Waals surface area contributed by atoms with Crippen LogP contribution in [-0.2, 0) is 4.79 Å². The monoisotopic (exact) mass is 314 g/mol. The Balaban J connectivity index is 1.96. The number of nitrogens with zero attached hydrogens (tertiary/aromatic N) is 1. The average Bonchev–Trinajstić information content (AvgIpc) is 2.74. The van der Waals surface area contributed by atoms with Gasteiger partial charge >= 0.3 is 0 Å². The van der Waals surface area contributed by atoms with Crippen LogP contribution in [0.15, 0.2) is 30.5 Å². The minimum absolute atomic E-state index is 0.0636. The number of hydrogen-bond acceptors (Lipinski definition) is 2. The van der Waals surface area contributed by atoms with E-state index >= 15 is 0 Å². The molecule has 0 saturated heterocycles. The molecule has 1 aliphatic rings. The predicted molar refractivity (Wildman–Crippen MR) is 67.4 cm³/mol. The molecule has 0 bridgehead atoms. The molecule has 0 saturated carbocycles. The fraction of sp³-hybridized carbons (Fsp3) is 0.273. The summed E-state index contributed by atoms with van der Waals surface area (Å²) in [6.07, 6.45) is 7.52. The highest BCUT2D eigenvalue weighted by atomic mass is 127. The van der Waals surface area contributed by atoms with E-state index in [0.717, 1.165) is 16.4 Å². The van der Waals surface area contributed by atoms with Crippen molar-refractivity contribution in [1.29, 1.82) is 0 Å². The van der Waals surface area contributed by atoms with Crippen LogP contribution in [0.3, 0.4) is 0 Å². The molecular formula is C11H11IN2O. The molecule has 0 aromatic carbocycles. The lowest BCUT2D eigenvalue weighted by molar-refractivity contribution is -0.119. The molecule has 3 nitrogen and oxygen atoms in total. The fourth-order valence-electron chi connectivity index (χ4n) is 1.51. The fourth-order valence-corrected chi connectivity index (χ4v) is 1.83. The Morgan fingerprint density at radius 1 is 1.40 bits per heavy atom. The highest BCUT2D eigenvalue weighted by molar-refractivity contribution is 14.1. The van der Waals surface area contributed by atoms with Gasteiger partial charge in [0.05, 0.1) is 0 Å². The molecular weight excluding hydrogens is 303 g/mol. The number of anilines is 1. The zero-order valence-corrected chi connectivity index (χ0v) is 10.3. The zero-order chi connectivity index (χ0) is 10.7. The van der Waals surface area contributed by atoms with Crippen LogP contribution in [0.2, 0.25) is 0 Å². The molecule has 0 fully saturated rings. The van der Waals surface area contributed by atoms with Gasteiger partial charge in [0.1, 0.15) is 5.82 Å². The maximum atomic E-state index is 11.7. The van der Waals surface area contributed by atoms with Crippen molar-refractivity contribution < 1.29 is 4.79 Å². The van der Waals surface area contributed by atoms with E-state index in [1.54, 1.807) is 6.20 Å². The van der Waals surface area contributed by atoms with Crippen molar-refractivity contribution in [1.82, 2.24) is 4.98 Å². The Morgan fingerprint density at radius 2 is 2.13 bits per heavy atom. The number of pyridine rings is 1. The van der Waals surface area contributed by atoms with E-state index in [1.807, 2.05) is 24.3 Å². The van der Waals surface area contributed by atoms with Crippen molar-refractivity contribution in [3.05, 3.63) is 34.1 Å². The lowest BCUT2D eigenvalue weighted by Gasteiger charge is -2.09. The Labute approximate surface area is 102 Å². The van der Waals surface area contributed by atoms with Crippen molar-refractivity contribution in [2.75, 3.05) is 5.32 Å². The number of halogens is 1. The summed E-state index contributed by atoms with van der Waals surface area (Å²) in [5.74, 6) is 0.784. The normalized spacial score (nSPS) is 15.5. The Kier molecular flexibility index (Phi) is 3.35. The van der Waals surface area contributed by atoms with Crippen LogP contribution in [0.5, 0.6) is 0 Å². The summed E-state index contributed by atoms with van der Waals surface area (Å²) in [5.41, 5.74) is 0. The topological polar surface area (TPSA) is 42.0 Å². The first-order chi connectivity index (χ1) is 7.25. The van der Waals surface area contributed by atoms with E-state index in [4.69, 9.17) is 0 Å². The standard InChI is InChI=1S/C11H11IN2O/c12-9-5-6-10(13-7-9)14-11(15)8-3-1-2-4-8/h1-2,5-8H,3-4H2,(H,13,14,15). The summed E-state index contributed by atoms with van der Waals surface area (Å²) >= 11 is 2.18. The summed E-state index contributed by atoms with van der Waals surface area (Å²) in [4.78, 5) is 15.8. The van der Waals surface area contributed by atoms with Crippen LogP contribution >= 0.6 is 22.6 Å². The Bertz CT molecular complexity index is 378. The Morgan fingerprint density at radius 3 is 2.73 bits per heavy atom. The van der Waals surface area contributed by atoms with Crippen LogP contribution in [0.1, 0.15) is 12.8 Å². The molecule has 4 heteroatoms. The molecule has 1 amide bonds. The predicted octanol–water partition coefficient (Wildman–Crippen LogP) is 2.59. The van der Waals surface area contributed by atoms with Crippen LogP contribution in [0, 0.1) is 9.49 Å². The molecule has 1 aromatic rings. The number of carbonyl (C=O) groups excluding carboxylic acids is 1. The molecule has 2 rings (SSSR count). The third-order valence-electron chi connectivity index (χ3n) is 2.36. The quantitative estimate of drug-likeness (QED) is 0.673. The Hall–Kier alpha value is -0.910. The second-order valence-electron chi connectivity index (χ2n) is 3.49. The number of allylic oxidation sites excluding steroid dienone is 2. The summed E-state index contributed by atoms with van der Waals surface area (Å²) < 4.78 is 1.06. The van der Waals surface area contributed by atoms with E-state index < -0.39 is 0 Å². The van der Waals surface area contributed by atoms with Crippen LogP contribution in [0.4, 0.5) is 5.82 Å². The van der Waals surface area contributed by atoms with Gasteiger partial charge in [-0.2, -0.15) is 0 Å². The lowest BCUT2D eigenvalue weighted by Crippen LogP contribution is -2.21. The van der Waals surface area contributed by atoms with Crippen molar-refractivity contribution in [2.24, 2.45) is 5.92 Å². The van der Waals surface area contributed by atoms with E-state index in [1.165, 1.54) is 0 Å². The number of carbonyl (C=O) groups is 1. The lowest BCUT2D eigenvalue weighted by atomic mass is 10.1. The summed E-state index contributed by atoms with van der Waals surface area (Å²) in [6.45, 7) is 0. The van der Waals surface area contributed by atoms with Crippen molar-refractivity contribution in [3.63, 3.8) is 0 Å². The summed E-state index contributed by atoms with van der Waals surface area (Å²) in [6, 6.07) is 3.75. The zero-order valence-electron chi connectivity index (χ0n) is 8.11. The first-order valence-electron chi connectivity index (χ1n) is 4.83. The highest BCUT2D eigenvalue weighted by Crippen LogP contribution is 2.19. The van der Waals surface area contributed by atoms with Gasteiger partial charge < -0.3 is 5.32 Å². The van der Waals surface area contributed by atoms with Crippen molar-refractivity contribution >= 4 is 34.3 Å². The third-order valence-corrected chi connectivity index (χ3v) is 3.00. The number of amides is 1. The van der Waals surface area contributed by atoms with Crippen LogP contribution < -0.4 is 5.32 Å². The van der Waals surface area contributed by atoms with E-state index in [2.05, 4.69) is 32.9 Å². The molecule has 15 heavy (non-hydrogen) atoms. The van der Waals surface area contributed by atoms with Gasteiger partial charge in [-0.1, -0.05) is 12.2 Å². The van der Waals surface area contributed by atoms with Gasteiger partial charge in [0.25, 0.3) is 0 Å². The first-order valence-corrected chi connectivity index (χ1v) is 5.91. The smallest absolute Gasteiger partial charge is 0.229 e. The van der Waals surface area contributed by atoms with Crippen LogP contribution in [0.25, 0.3) is 0 Å². The maximum Gasteiger partial charge on any atom is 0.229 e. The molecule has 1 aliphatic carbocycles. The first kappa shape index (κ1) is 10.6. The van der Waals surface area contributed by atoms with Crippen LogP contribution in [-0.4, -0.2) is 10.9 Å². The summed E-state index contributed by atoms with van der Waals surface area (Å²) in [7, 11) is 0. The molecule has 1 heterocycles. The molecule has 1 N–H and O–H groups in total. The molecule has 0 radical (unpaired) electrons. The SMILES string of the molecule is O=C(Nc1ccc(I)cn1)C1CC=CC1. The molecule has 78 valence electrons. The number of rotatable bonds is 2. The largest absolute Gasteiger partial charge is 0.310 e. The van der Waals surface area contributed by atoms with Crippen molar-refractivity contribution in [2.45, 2.75) is 12.8 Å². The summed E-state index contributed by atoms with van der Waals surface area (Å²) in [5, 5.41) is 2.82. The van der Waals surface area contributed by atoms with E-state index in [-0.39, 0.29) is 11.8 Å². The highest BCUT2D eigenvalue weighted by Gasteiger charge is 2.19. The van der Waals surface area contributed by atoms with E-state index in [9.17, 15) is 4.79 Å². The molecule has 0 atom stereocenters.